The Kier molecular flexibility index (Phi) is 8.26. The summed E-state index contributed by atoms with van der Waals surface area (Å²) < 4.78 is 22.9. The Balaban J connectivity index is 1.43. The van der Waals surface area contributed by atoms with E-state index in [4.69, 9.17) is 31.2 Å². The van der Waals surface area contributed by atoms with Gasteiger partial charge in [-0.05, 0) is 78.0 Å². The summed E-state index contributed by atoms with van der Waals surface area (Å²) in [7, 11) is 3.01. The highest BCUT2D eigenvalue weighted by Gasteiger charge is 2.34. The Morgan fingerprint density at radius 2 is 1.44 bits per heavy atom. The summed E-state index contributed by atoms with van der Waals surface area (Å²) in [6.45, 7) is 0.284. The summed E-state index contributed by atoms with van der Waals surface area (Å²) in [6.07, 6.45) is 1.47. The number of nitrogens with zero attached hydrogens (tertiary/aromatic N) is 1. The quantitative estimate of drug-likeness (QED) is 0.153. The Morgan fingerprint density at radius 3 is 2.10 bits per heavy atom. The van der Waals surface area contributed by atoms with Crippen molar-refractivity contribution in [2.75, 3.05) is 19.1 Å². The molecule has 0 aromatic heterocycles. The lowest BCUT2D eigenvalue weighted by molar-refractivity contribution is -0.122. The Morgan fingerprint density at radius 1 is 0.805 bits per heavy atom. The summed E-state index contributed by atoms with van der Waals surface area (Å²) >= 11 is 5.35. The number of anilines is 1. The predicted octanol–water partition coefficient (Wildman–Crippen LogP) is 5.91. The highest BCUT2D eigenvalue weighted by atomic mass is 32.1. The van der Waals surface area contributed by atoms with Crippen LogP contribution in [0.3, 0.4) is 0 Å². The van der Waals surface area contributed by atoms with Gasteiger partial charge >= 0.3 is 0 Å². The van der Waals surface area contributed by atoms with Crippen molar-refractivity contribution >= 4 is 40.9 Å². The van der Waals surface area contributed by atoms with Crippen molar-refractivity contribution in [2.24, 2.45) is 0 Å². The molecule has 0 saturated carbocycles. The smallest absolute Gasteiger partial charge is 0.270 e. The van der Waals surface area contributed by atoms with E-state index in [0.29, 0.717) is 40.0 Å². The van der Waals surface area contributed by atoms with Gasteiger partial charge in [-0.1, -0.05) is 48.5 Å². The van der Waals surface area contributed by atoms with Crippen LogP contribution >= 0.6 is 12.2 Å². The molecule has 1 aliphatic rings. The number of hydrogen-bond donors (Lipinski definition) is 1. The molecule has 0 aliphatic carbocycles. The number of rotatable bonds is 9. The van der Waals surface area contributed by atoms with Crippen LogP contribution in [0.1, 0.15) is 11.1 Å². The molecule has 2 amide bonds. The second kappa shape index (κ2) is 12.4. The number of thiocarbonyl (C=S) groups is 1. The summed E-state index contributed by atoms with van der Waals surface area (Å²) in [5, 5.41) is 2.59. The largest absolute Gasteiger partial charge is 0.493 e. The third kappa shape index (κ3) is 6.21. The molecule has 0 spiro atoms. The Bertz CT molecular complexity index is 1610. The minimum absolute atomic E-state index is 0.0203. The van der Waals surface area contributed by atoms with Crippen molar-refractivity contribution in [3.63, 3.8) is 0 Å². The van der Waals surface area contributed by atoms with Crippen LogP contribution in [-0.2, 0) is 16.2 Å². The van der Waals surface area contributed by atoms with E-state index in [1.807, 2.05) is 60.7 Å². The van der Waals surface area contributed by atoms with Gasteiger partial charge in [-0.25, -0.2) is 0 Å². The maximum absolute atomic E-state index is 13.6. The summed E-state index contributed by atoms with van der Waals surface area (Å²) in [6, 6.07) is 29.2. The number of carbonyl (C=O) groups is 2. The van der Waals surface area contributed by atoms with Gasteiger partial charge in [0.15, 0.2) is 16.6 Å². The number of para-hydroxylation sites is 1. The molecule has 41 heavy (non-hydrogen) atoms. The Hall–Kier alpha value is -5.15. The van der Waals surface area contributed by atoms with Crippen molar-refractivity contribution < 1.29 is 28.5 Å². The third-order valence-electron chi connectivity index (χ3n) is 6.19. The van der Waals surface area contributed by atoms with Crippen LogP contribution in [0.2, 0.25) is 0 Å². The highest BCUT2D eigenvalue weighted by molar-refractivity contribution is 7.80. The average molecular weight is 567 g/mol. The predicted molar refractivity (Wildman–Crippen MR) is 159 cm³/mol. The molecule has 1 heterocycles. The molecule has 1 N–H and O–H groups in total. The van der Waals surface area contributed by atoms with Gasteiger partial charge in [-0.15, -0.1) is 0 Å². The molecule has 1 aliphatic heterocycles. The molecule has 0 atom stereocenters. The van der Waals surface area contributed by atoms with E-state index in [-0.39, 0.29) is 17.3 Å². The third-order valence-corrected chi connectivity index (χ3v) is 6.48. The van der Waals surface area contributed by atoms with Gasteiger partial charge in [0.2, 0.25) is 5.75 Å². The number of methoxy groups -OCH3 is 2. The lowest BCUT2D eigenvalue weighted by Crippen LogP contribution is -2.54. The second-order valence-electron chi connectivity index (χ2n) is 8.90. The first-order chi connectivity index (χ1) is 20.0. The highest BCUT2D eigenvalue weighted by Crippen LogP contribution is 2.39. The number of benzene rings is 4. The van der Waals surface area contributed by atoms with Crippen molar-refractivity contribution in [3.05, 3.63) is 114 Å². The average Bonchev–Trinajstić information content (AvgIpc) is 2.99. The summed E-state index contributed by atoms with van der Waals surface area (Å²) in [5.41, 5.74) is 1.84. The van der Waals surface area contributed by atoms with Gasteiger partial charge in [0, 0.05) is 0 Å². The SMILES string of the molecule is COc1cc(/C=C2\C(=O)NC(=S)N(c3ccc(Oc4ccccc4)cc3)C2=O)cc(OCc2ccccc2)c1OC. The minimum Gasteiger partial charge on any atom is -0.493 e. The molecule has 1 fully saturated rings. The molecular formula is C32H26N2O6S. The number of ether oxygens (including phenoxy) is 4. The van der Waals surface area contributed by atoms with E-state index in [0.717, 1.165) is 5.56 Å². The first-order valence-electron chi connectivity index (χ1n) is 12.6. The van der Waals surface area contributed by atoms with Crippen molar-refractivity contribution in [1.82, 2.24) is 5.32 Å². The van der Waals surface area contributed by atoms with Crippen LogP contribution in [0.5, 0.6) is 28.7 Å². The van der Waals surface area contributed by atoms with Crippen LogP contribution < -0.4 is 29.2 Å². The number of carbonyl (C=O) groups excluding carboxylic acids is 2. The van der Waals surface area contributed by atoms with Gasteiger partial charge in [-0.3, -0.25) is 19.8 Å². The van der Waals surface area contributed by atoms with Crippen LogP contribution in [-0.4, -0.2) is 31.1 Å². The first-order valence-corrected chi connectivity index (χ1v) is 13.0. The van der Waals surface area contributed by atoms with E-state index in [9.17, 15) is 9.59 Å². The van der Waals surface area contributed by atoms with Crippen LogP contribution in [0.4, 0.5) is 5.69 Å². The molecule has 0 radical (unpaired) electrons. The Labute approximate surface area is 242 Å². The van der Waals surface area contributed by atoms with E-state index in [1.54, 1.807) is 36.4 Å². The molecule has 4 aromatic carbocycles. The second-order valence-corrected chi connectivity index (χ2v) is 9.28. The maximum Gasteiger partial charge on any atom is 0.270 e. The van der Waals surface area contributed by atoms with Crippen molar-refractivity contribution in [3.8, 4) is 28.7 Å². The number of amides is 2. The normalized spacial score (nSPS) is 14.0. The fourth-order valence-corrected chi connectivity index (χ4v) is 4.50. The van der Waals surface area contributed by atoms with E-state index in [2.05, 4.69) is 5.32 Å². The summed E-state index contributed by atoms with van der Waals surface area (Å²) in [4.78, 5) is 27.8. The van der Waals surface area contributed by atoms with Crippen molar-refractivity contribution in [2.45, 2.75) is 6.61 Å². The molecular weight excluding hydrogens is 540 g/mol. The van der Waals surface area contributed by atoms with Gasteiger partial charge in [0.1, 0.15) is 23.7 Å². The fourth-order valence-electron chi connectivity index (χ4n) is 4.22. The molecule has 9 heteroatoms. The minimum atomic E-state index is -0.609. The van der Waals surface area contributed by atoms with Gasteiger partial charge in [0.25, 0.3) is 11.8 Å². The monoisotopic (exact) mass is 566 g/mol. The molecule has 0 unspecified atom stereocenters. The molecule has 206 valence electrons. The zero-order chi connectivity index (χ0) is 28.8. The van der Waals surface area contributed by atoms with Crippen LogP contribution in [0.15, 0.2) is 103 Å². The fraction of sp³-hybridized carbons (Fsp3) is 0.0938. The van der Waals surface area contributed by atoms with Gasteiger partial charge < -0.3 is 18.9 Å². The van der Waals surface area contributed by atoms with E-state index < -0.39 is 11.8 Å². The van der Waals surface area contributed by atoms with E-state index >= 15 is 0 Å². The van der Waals surface area contributed by atoms with E-state index in [1.165, 1.54) is 25.2 Å². The standard InChI is InChI=1S/C32H26N2O6S/c1-37-27-18-22(19-28(29(27)38-2)39-20-21-9-5-3-6-10-21)17-26-30(35)33-32(41)34(31(26)36)23-13-15-25(16-14-23)40-24-11-7-4-8-12-24/h3-19H,20H2,1-2H3,(H,33,35,41)/b26-17+. The number of hydrogen-bond acceptors (Lipinski definition) is 7. The van der Waals surface area contributed by atoms with Gasteiger partial charge in [0.05, 0.1) is 19.9 Å². The lowest BCUT2D eigenvalue weighted by atomic mass is 10.1. The van der Waals surface area contributed by atoms with Crippen LogP contribution in [0.25, 0.3) is 6.08 Å². The van der Waals surface area contributed by atoms with Crippen molar-refractivity contribution in [1.29, 1.82) is 0 Å². The number of nitrogens with one attached hydrogen (secondary N) is 1. The van der Waals surface area contributed by atoms with Gasteiger partial charge in [-0.2, -0.15) is 0 Å². The molecule has 0 bridgehead atoms. The molecule has 8 nitrogen and oxygen atoms in total. The zero-order valence-corrected chi connectivity index (χ0v) is 23.1. The molecule has 1 saturated heterocycles. The molecule has 5 rings (SSSR count). The first kappa shape index (κ1) is 27.4. The zero-order valence-electron chi connectivity index (χ0n) is 22.3. The molecule has 4 aromatic rings. The maximum atomic E-state index is 13.6. The summed E-state index contributed by atoms with van der Waals surface area (Å²) in [5.74, 6) is 1.26. The lowest BCUT2D eigenvalue weighted by Gasteiger charge is -2.29. The van der Waals surface area contributed by atoms with Crippen LogP contribution in [0, 0.1) is 0 Å². The topological polar surface area (TPSA) is 86.3 Å².